The number of benzene rings is 2. The third-order valence-electron chi connectivity index (χ3n) is 5.77. The number of nitrogens with zero attached hydrogens (tertiary/aromatic N) is 2. The molecule has 0 spiro atoms. The predicted molar refractivity (Wildman–Crippen MR) is 125 cm³/mol. The number of imidazole rings is 1. The second kappa shape index (κ2) is 8.28. The second-order valence-electron chi connectivity index (χ2n) is 8.32. The summed E-state index contributed by atoms with van der Waals surface area (Å²) in [6.45, 7) is 3.91. The van der Waals surface area contributed by atoms with Gasteiger partial charge < -0.3 is 10.1 Å². The Morgan fingerprint density at radius 2 is 1.77 bits per heavy atom. The molecule has 0 unspecified atom stereocenters. The van der Waals surface area contributed by atoms with Crippen molar-refractivity contribution >= 4 is 38.6 Å². The van der Waals surface area contributed by atoms with Crippen LogP contribution >= 0.6 is 11.6 Å². The minimum atomic E-state index is -4.44. The van der Waals surface area contributed by atoms with Gasteiger partial charge in [0.25, 0.3) is 0 Å². The number of nitrogens with one attached hydrogen (secondary N) is 1. The average molecular weight is 522 g/mol. The van der Waals surface area contributed by atoms with E-state index in [9.17, 15) is 31.9 Å². The lowest BCUT2D eigenvalue weighted by Gasteiger charge is -2.26. The summed E-state index contributed by atoms with van der Waals surface area (Å²) < 4.78 is 55.1. The van der Waals surface area contributed by atoms with Gasteiger partial charge in [0.15, 0.2) is 21.2 Å². The van der Waals surface area contributed by atoms with Crippen LogP contribution < -0.4 is 5.69 Å². The van der Waals surface area contributed by atoms with Crippen LogP contribution in [0.3, 0.4) is 0 Å². The van der Waals surface area contributed by atoms with Crippen molar-refractivity contribution in [3.63, 3.8) is 0 Å². The van der Waals surface area contributed by atoms with Gasteiger partial charge in [-0.15, -0.1) is 0 Å². The van der Waals surface area contributed by atoms with Crippen LogP contribution in [-0.4, -0.2) is 34.0 Å². The fourth-order valence-electron chi connectivity index (χ4n) is 3.90. The van der Waals surface area contributed by atoms with E-state index in [1.54, 1.807) is 6.92 Å². The molecule has 0 aliphatic heterocycles. The molecule has 0 aliphatic carbocycles. The molecule has 0 fully saturated rings. The number of rotatable bonds is 5. The number of carboxylic acids is 1. The molecule has 0 bridgehead atoms. The number of aromatic carboxylic acids is 1. The summed E-state index contributed by atoms with van der Waals surface area (Å²) in [7, 11) is -4.44. The minimum Gasteiger partial charge on any atom is -0.477 e. The molecule has 2 aromatic heterocycles. The lowest BCUT2D eigenvalue weighted by molar-refractivity contribution is 0.0690. The van der Waals surface area contributed by atoms with E-state index in [2.05, 4.69) is 9.97 Å². The molecular weight excluding hydrogens is 504 g/mol. The zero-order chi connectivity index (χ0) is 25.9. The molecule has 0 aliphatic rings. The standard InChI is InChI=1S/C23H18ClF2N3O5S/c1-11-9-16(21(30)31)27-20-19(11)28-22(32)29(20)17-10-12(7-8-13(17)24)35(33,34)23(2,3)18-14(25)5-4-6-15(18)26/h4-10H,1-3H3,(H,28,32)(H,30,31). The maximum absolute atomic E-state index is 14.5. The van der Waals surface area contributed by atoms with Gasteiger partial charge in [0, 0.05) is 5.56 Å². The predicted octanol–water partition coefficient (Wildman–Crippen LogP) is 4.36. The molecule has 2 aromatic carbocycles. The Kier molecular flexibility index (Phi) is 5.81. The summed E-state index contributed by atoms with van der Waals surface area (Å²) in [5.74, 6) is -3.38. The van der Waals surface area contributed by atoms with Gasteiger partial charge in [0.1, 0.15) is 16.4 Å². The molecule has 2 heterocycles. The minimum absolute atomic E-state index is 0.0398. The Morgan fingerprint density at radius 1 is 1.14 bits per heavy atom. The van der Waals surface area contributed by atoms with Gasteiger partial charge in [-0.05, 0) is 62.7 Å². The SMILES string of the molecule is Cc1cc(C(=O)O)nc2c1[nH]c(=O)n2-c1cc(S(=O)(=O)C(C)(C)c2c(F)cccc2F)ccc1Cl. The second-order valence-corrected chi connectivity index (χ2v) is 11.2. The summed E-state index contributed by atoms with van der Waals surface area (Å²) in [4.78, 5) is 30.5. The van der Waals surface area contributed by atoms with Crippen LogP contribution in [0, 0.1) is 18.6 Å². The first-order chi connectivity index (χ1) is 16.3. The van der Waals surface area contributed by atoms with Crippen LogP contribution in [0.15, 0.2) is 52.2 Å². The number of halogens is 3. The molecule has 35 heavy (non-hydrogen) atoms. The first kappa shape index (κ1) is 24.6. The van der Waals surface area contributed by atoms with E-state index in [4.69, 9.17) is 11.6 Å². The van der Waals surface area contributed by atoms with Crippen LogP contribution in [0.25, 0.3) is 16.9 Å². The molecule has 12 heteroatoms. The van der Waals surface area contributed by atoms with Crippen molar-refractivity contribution in [2.45, 2.75) is 30.4 Å². The van der Waals surface area contributed by atoms with E-state index < -0.39 is 43.4 Å². The summed E-state index contributed by atoms with van der Waals surface area (Å²) in [5, 5.41) is 9.32. The number of pyridine rings is 1. The van der Waals surface area contributed by atoms with Crippen molar-refractivity contribution in [3.8, 4) is 5.69 Å². The van der Waals surface area contributed by atoms with Gasteiger partial charge in [-0.2, -0.15) is 0 Å². The largest absolute Gasteiger partial charge is 0.477 e. The van der Waals surface area contributed by atoms with Gasteiger partial charge in [-0.3, -0.25) is 0 Å². The Labute approximate surface area is 202 Å². The maximum atomic E-state index is 14.5. The molecule has 0 radical (unpaired) electrons. The van der Waals surface area contributed by atoms with Crippen LogP contribution in [-0.2, 0) is 14.6 Å². The zero-order valence-corrected chi connectivity index (χ0v) is 20.1. The fraction of sp³-hybridized carbons (Fsp3) is 0.174. The number of aromatic amines is 1. The number of carbonyl (C=O) groups is 1. The number of sulfone groups is 1. The van der Waals surface area contributed by atoms with Crippen molar-refractivity contribution in [1.29, 1.82) is 0 Å². The topological polar surface area (TPSA) is 122 Å². The van der Waals surface area contributed by atoms with Crippen LogP contribution in [0.4, 0.5) is 8.78 Å². The van der Waals surface area contributed by atoms with Crippen LogP contribution in [0.5, 0.6) is 0 Å². The number of carboxylic acid groups (broad SMARTS) is 1. The van der Waals surface area contributed by atoms with Gasteiger partial charge in [-0.1, -0.05) is 17.7 Å². The molecule has 8 nitrogen and oxygen atoms in total. The Bertz CT molecular complexity index is 1670. The first-order valence-electron chi connectivity index (χ1n) is 10.1. The highest BCUT2D eigenvalue weighted by atomic mass is 35.5. The van der Waals surface area contributed by atoms with Gasteiger partial charge in [0.05, 0.1) is 21.1 Å². The summed E-state index contributed by atoms with van der Waals surface area (Å²) >= 11 is 6.30. The van der Waals surface area contributed by atoms with Crippen molar-refractivity contribution in [1.82, 2.24) is 14.5 Å². The molecule has 2 N–H and O–H groups in total. The smallest absolute Gasteiger partial charge is 0.354 e. The Morgan fingerprint density at radius 3 is 2.37 bits per heavy atom. The molecule has 0 saturated carbocycles. The monoisotopic (exact) mass is 521 g/mol. The van der Waals surface area contributed by atoms with Crippen molar-refractivity contribution < 1.29 is 27.1 Å². The highest BCUT2D eigenvalue weighted by molar-refractivity contribution is 7.92. The molecule has 0 atom stereocenters. The van der Waals surface area contributed by atoms with E-state index in [1.807, 2.05) is 0 Å². The van der Waals surface area contributed by atoms with Crippen molar-refractivity contribution in [2.75, 3.05) is 0 Å². The third-order valence-corrected chi connectivity index (χ3v) is 8.51. The number of aryl methyl sites for hydroxylation is 1. The molecule has 4 rings (SSSR count). The van der Waals surface area contributed by atoms with Gasteiger partial charge in [-0.25, -0.2) is 36.3 Å². The highest BCUT2D eigenvalue weighted by Gasteiger charge is 2.42. The number of H-pyrrole nitrogens is 1. The fourth-order valence-corrected chi connectivity index (χ4v) is 5.67. The number of fused-ring (bicyclic) bond motifs is 1. The summed E-state index contributed by atoms with van der Waals surface area (Å²) in [6, 6.07) is 7.78. The number of aromatic nitrogens is 3. The Hall–Kier alpha value is -3.57. The third kappa shape index (κ3) is 3.80. The zero-order valence-electron chi connectivity index (χ0n) is 18.6. The van der Waals surface area contributed by atoms with Gasteiger partial charge in [0.2, 0.25) is 0 Å². The Balaban J connectivity index is 1.98. The van der Waals surface area contributed by atoms with Crippen molar-refractivity contribution in [2.24, 2.45) is 0 Å². The van der Waals surface area contributed by atoms with E-state index in [-0.39, 0.29) is 32.5 Å². The maximum Gasteiger partial charge on any atom is 0.354 e. The normalized spacial score (nSPS) is 12.3. The number of hydrogen-bond acceptors (Lipinski definition) is 5. The molecule has 4 aromatic rings. The molecule has 0 amide bonds. The summed E-state index contributed by atoms with van der Waals surface area (Å²) in [6.07, 6.45) is 0. The molecule has 0 saturated heterocycles. The van der Waals surface area contributed by atoms with E-state index in [0.29, 0.717) is 5.56 Å². The lowest BCUT2D eigenvalue weighted by Crippen LogP contribution is -2.32. The quantitative estimate of drug-likeness (QED) is 0.402. The molecular formula is C23H18ClF2N3O5S. The van der Waals surface area contributed by atoms with Crippen molar-refractivity contribution in [3.05, 3.63) is 86.4 Å². The number of hydrogen-bond donors (Lipinski definition) is 2. The average Bonchev–Trinajstić information content (AvgIpc) is 3.10. The molecule has 182 valence electrons. The van der Waals surface area contributed by atoms with Gasteiger partial charge >= 0.3 is 11.7 Å². The van der Waals surface area contributed by atoms with E-state index >= 15 is 0 Å². The lowest BCUT2D eigenvalue weighted by atomic mass is 10.0. The van der Waals surface area contributed by atoms with Crippen LogP contribution in [0.1, 0.15) is 35.5 Å². The highest BCUT2D eigenvalue weighted by Crippen LogP contribution is 2.39. The van der Waals surface area contributed by atoms with E-state index in [1.165, 1.54) is 26.0 Å². The summed E-state index contributed by atoms with van der Waals surface area (Å²) in [5.41, 5.74) is -1.25. The first-order valence-corrected chi connectivity index (χ1v) is 12.0. The van der Waals surface area contributed by atoms with E-state index in [0.717, 1.165) is 34.9 Å². The van der Waals surface area contributed by atoms with Crippen LogP contribution in [0.2, 0.25) is 5.02 Å².